The molecule has 0 saturated carbocycles. The van der Waals surface area contributed by atoms with Crippen LogP contribution < -0.4 is 4.74 Å². The van der Waals surface area contributed by atoms with Gasteiger partial charge in [-0.05, 0) is 51.3 Å². The molecule has 2 rings (SSSR count). The van der Waals surface area contributed by atoms with Gasteiger partial charge in [0.15, 0.2) is 0 Å². The van der Waals surface area contributed by atoms with Crippen LogP contribution in [0.4, 0.5) is 4.79 Å². The van der Waals surface area contributed by atoms with Crippen molar-refractivity contribution in [1.82, 2.24) is 14.9 Å². The number of nitrogens with zero attached hydrogens (tertiary/aromatic N) is 3. The average molecular weight is 340 g/mol. The Hall–Kier alpha value is -1.82. The average Bonchev–Trinajstić information content (AvgIpc) is 2.48. The van der Waals surface area contributed by atoms with Gasteiger partial charge in [0.25, 0.3) is 0 Å². The molecule has 0 radical (unpaired) electrons. The van der Waals surface area contributed by atoms with Crippen LogP contribution >= 0.6 is 11.6 Å². The number of rotatable bonds is 2. The second kappa shape index (κ2) is 7.17. The second-order valence-electron chi connectivity index (χ2n) is 6.37. The molecular weight excluding hydrogens is 318 g/mol. The lowest BCUT2D eigenvalue weighted by atomic mass is 10.0. The highest BCUT2D eigenvalue weighted by molar-refractivity contribution is 6.28. The zero-order valence-corrected chi connectivity index (χ0v) is 14.7. The molecule has 1 fully saturated rings. The minimum atomic E-state index is -0.471. The van der Waals surface area contributed by atoms with Crippen molar-refractivity contribution >= 4 is 23.8 Å². The number of methoxy groups -OCH3 is 1. The molecule has 126 valence electrons. The summed E-state index contributed by atoms with van der Waals surface area (Å²) in [6.07, 6.45) is 4.95. The van der Waals surface area contributed by atoms with Crippen LogP contribution in [0.25, 0.3) is 6.08 Å². The molecule has 23 heavy (non-hydrogen) atoms. The normalized spacial score (nSPS) is 15.3. The van der Waals surface area contributed by atoms with Gasteiger partial charge in [-0.3, -0.25) is 0 Å². The van der Waals surface area contributed by atoms with E-state index in [-0.39, 0.29) is 11.4 Å². The molecule has 0 N–H and O–H groups in total. The number of amides is 1. The maximum Gasteiger partial charge on any atom is 0.410 e. The largest absolute Gasteiger partial charge is 0.480 e. The van der Waals surface area contributed by atoms with Crippen LogP contribution in [-0.2, 0) is 4.74 Å². The van der Waals surface area contributed by atoms with Gasteiger partial charge in [0.05, 0.1) is 12.7 Å². The quantitative estimate of drug-likeness (QED) is 0.771. The highest BCUT2D eigenvalue weighted by atomic mass is 35.5. The van der Waals surface area contributed by atoms with E-state index in [0.29, 0.717) is 19.0 Å². The van der Waals surface area contributed by atoms with Crippen molar-refractivity contribution in [2.45, 2.75) is 39.2 Å². The predicted molar refractivity (Wildman–Crippen MR) is 88.6 cm³/mol. The van der Waals surface area contributed by atoms with E-state index >= 15 is 0 Å². The summed E-state index contributed by atoms with van der Waals surface area (Å²) < 4.78 is 10.6. The maximum absolute atomic E-state index is 12.0. The van der Waals surface area contributed by atoms with Gasteiger partial charge in [-0.2, -0.15) is 4.98 Å². The summed E-state index contributed by atoms with van der Waals surface area (Å²) >= 11 is 5.76. The van der Waals surface area contributed by atoms with Crippen LogP contribution in [0.2, 0.25) is 5.28 Å². The van der Waals surface area contributed by atoms with Crippen LogP contribution in [0.3, 0.4) is 0 Å². The fraction of sp³-hybridized carbons (Fsp3) is 0.562. The van der Waals surface area contributed by atoms with E-state index < -0.39 is 5.60 Å². The number of halogens is 1. The van der Waals surface area contributed by atoms with Gasteiger partial charge < -0.3 is 14.4 Å². The number of carbonyl (C=O) groups is 1. The van der Waals surface area contributed by atoms with Gasteiger partial charge in [-0.15, -0.1) is 0 Å². The van der Waals surface area contributed by atoms with Gasteiger partial charge in [0.1, 0.15) is 5.60 Å². The molecule has 6 nitrogen and oxygen atoms in total. The van der Waals surface area contributed by atoms with Crippen molar-refractivity contribution in [3.63, 3.8) is 0 Å². The van der Waals surface area contributed by atoms with Crippen molar-refractivity contribution < 1.29 is 14.3 Å². The minimum absolute atomic E-state index is 0.156. The molecule has 0 spiro atoms. The molecule has 1 saturated heterocycles. The monoisotopic (exact) mass is 339 g/mol. The lowest BCUT2D eigenvalue weighted by Crippen LogP contribution is -2.40. The minimum Gasteiger partial charge on any atom is -0.480 e. The number of hydrogen-bond acceptors (Lipinski definition) is 5. The number of likely N-dealkylation sites (tertiary alicyclic amines) is 1. The Morgan fingerprint density at radius 2 is 2.00 bits per heavy atom. The summed E-state index contributed by atoms with van der Waals surface area (Å²) in [5, 5.41) is 0.156. The molecule has 0 aromatic carbocycles. The van der Waals surface area contributed by atoms with E-state index in [4.69, 9.17) is 21.1 Å². The van der Waals surface area contributed by atoms with Crippen molar-refractivity contribution in [3.8, 4) is 5.88 Å². The van der Waals surface area contributed by atoms with Crippen molar-refractivity contribution in [3.05, 3.63) is 22.6 Å². The zero-order valence-electron chi connectivity index (χ0n) is 13.9. The molecule has 1 aliphatic heterocycles. The van der Waals surface area contributed by atoms with Gasteiger partial charge in [-0.1, -0.05) is 5.57 Å². The Balaban J connectivity index is 2.00. The third-order valence-corrected chi connectivity index (χ3v) is 3.54. The highest BCUT2D eigenvalue weighted by Crippen LogP contribution is 2.25. The zero-order chi connectivity index (χ0) is 17.0. The highest BCUT2D eigenvalue weighted by Gasteiger charge is 2.24. The topological polar surface area (TPSA) is 64.6 Å². The Morgan fingerprint density at radius 1 is 1.35 bits per heavy atom. The third-order valence-electron chi connectivity index (χ3n) is 3.36. The first-order chi connectivity index (χ1) is 10.8. The summed E-state index contributed by atoms with van der Waals surface area (Å²) in [5.41, 5.74) is 1.54. The number of aromatic nitrogens is 2. The first kappa shape index (κ1) is 17.5. The maximum atomic E-state index is 12.0. The molecule has 0 atom stereocenters. The van der Waals surface area contributed by atoms with Crippen LogP contribution in [0, 0.1) is 0 Å². The van der Waals surface area contributed by atoms with Gasteiger partial charge in [-0.25, -0.2) is 9.78 Å². The van der Waals surface area contributed by atoms with E-state index in [1.807, 2.05) is 26.8 Å². The first-order valence-electron chi connectivity index (χ1n) is 7.52. The number of carbonyl (C=O) groups excluding carboxylic acids is 1. The Morgan fingerprint density at radius 3 is 2.57 bits per heavy atom. The van der Waals surface area contributed by atoms with E-state index in [9.17, 15) is 4.79 Å². The molecule has 0 aliphatic carbocycles. The van der Waals surface area contributed by atoms with Crippen molar-refractivity contribution in [1.29, 1.82) is 0 Å². The van der Waals surface area contributed by atoms with Crippen LogP contribution in [0.15, 0.2) is 11.8 Å². The number of ether oxygens (including phenoxy) is 2. The molecule has 1 aromatic heterocycles. The molecule has 2 heterocycles. The molecule has 1 aliphatic rings. The number of piperidine rings is 1. The predicted octanol–water partition coefficient (Wildman–Crippen LogP) is 3.55. The number of hydrogen-bond donors (Lipinski definition) is 0. The van der Waals surface area contributed by atoms with Crippen molar-refractivity contribution in [2.24, 2.45) is 0 Å². The standard InChI is InChI=1S/C16H22ClN3O3/c1-16(2,3)23-15(21)20-7-5-11(6-8-20)9-12-10-18-14(17)19-13(12)22-4/h9-10H,5-8H2,1-4H3. The molecule has 7 heteroatoms. The van der Waals surface area contributed by atoms with Gasteiger partial charge in [0, 0.05) is 19.3 Å². The molecule has 0 unspecified atom stereocenters. The van der Waals surface area contributed by atoms with E-state index in [1.165, 1.54) is 5.57 Å². The van der Waals surface area contributed by atoms with E-state index in [0.717, 1.165) is 18.4 Å². The third kappa shape index (κ3) is 5.10. The smallest absolute Gasteiger partial charge is 0.410 e. The fourth-order valence-electron chi connectivity index (χ4n) is 2.28. The lowest BCUT2D eigenvalue weighted by molar-refractivity contribution is 0.0237. The molecule has 0 bridgehead atoms. The van der Waals surface area contributed by atoms with Gasteiger partial charge >= 0.3 is 6.09 Å². The van der Waals surface area contributed by atoms with Gasteiger partial charge in [0.2, 0.25) is 11.2 Å². The summed E-state index contributed by atoms with van der Waals surface area (Å²) in [6, 6.07) is 0. The molecule has 1 aromatic rings. The second-order valence-corrected chi connectivity index (χ2v) is 6.71. The van der Waals surface area contributed by atoms with E-state index in [1.54, 1.807) is 18.2 Å². The first-order valence-corrected chi connectivity index (χ1v) is 7.90. The fourth-order valence-corrected chi connectivity index (χ4v) is 2.41. The Labute approximate surface area is 141 Å². The molecular formula is C16H22ClN3O3. The van der Waals surface area contributed by atoms with E-state index in [2.05, 4.69) is 9.97 Å². The van der Waals surface area contributed by atoms with Crippen LogP contribution in [-0.4, -0.2) is 46.8 Å². The lowest BCUT2D eigenvalue weighted by Gasteiger charge is -2.31. The SMILES string of the molecule is COc1nc(Cl)ncc1C=C1CCN(C(=O)OC(C)(C)C)CC1. The Kier molecular flexibility index (Phi) is 5.46. The van der Waals surface area contributed by atoms with Crippen molar-refractivity contribution in [2.75, 3.05) is 20.2 Å². The van der Waals surface area contributed by atoms with Crippen LogP contribution in [0.5, 0.6) is 5.88 Å². The summed E-state index contributed by atoms with van der Waals surface area (Å²) in [6.45, 7) is 6.88. The van der Waals surface area contributed by atoms with Crippen LogP contribution in [0.1, 0.15) is 39.2 Å². The Bertz CT molecular complexity index is 601. The summed E-state index contributed by atoms with van der Waals surface area (Å²) in [7, 11) is 1.55. The summed E-state index contributed by atoms with van der Waals surface area (Å²) in [4.78, 5) is 21.8. The summed E-state index contributed by atoms with van der Waals surface area (Å²) in [5.74, 6) is 0.451. The molecule has 1 amide bonds.